The Morgan fingerprint density at radius 1 is 1.17 bits per heavy atom. The molecule has 1 aromatic heterocycles. The fourth-order valence-corrected chi connectivity index (χ4v) is 2.97. The molecule has 2 atom stereocenters. The number of nitrogens with zero attached hydrogens (tertiary/aromatic N) is 4. The largest absolute Gasteiger partial charge is 0.326 e. The molecule has 1 aliphatic rings. The van der Waals surface area contributed by atoms with E-state index < -0.39 is 0 Å². The van der Waals surface area contributed by atoms with Crippen molar-refractivity contribution in [3.8, 4) is 5.69 Å². The van der Waals surface area contributed by atoms with Crippen molar-refractivity contribution in [1.29, 1.82) is 0 Å². The standard InChI is InChI=1S/C18H17N5O/c1-12-20-21-22-23(12)15-9-5-8-14(10-15)19-18(24)17-11-16(17)13-6-3-2-4-7-13/h2-10,16-17H,11H2,1H3,(H,19,24)/t16-,17+/m0/s1. The first-order valence-electron chi connectivity index (χ1n) is 7.93. The number of rotatable bonds is 4. The van der Waals surface area contributed by atoms with E-state index in [0.29, 0.717) is 11.7 Å². The van der Waals surface area contributed by atoms with Crippen molar-refractivity contribution in [1.82, 2.24) is 20.2 Å². The summed E-state index contributed by atoms with van der Waals surface area (Å²) in [6.45, 7) is 1.83. The number of carbonyl (C=O) groups is 1. The maximum atomic E-state index is 12.5. The van der Waals surface area contributed by atoms with Crippen LogP contribution < -0.4 is 5.32 Å². The highest BCUT2D eigenvalue weighted by molar-refractivity contribution is 5.95. The van der Waals surface area contributed by atoms with E-state index in [9.17, 15) is 4.79 Å². The van der Waals surface area contributed by atoms with Crippen LogP contribution in [0.4, 0.5) is 5.69 Å². The van der Waals surface area contributed by atoms with E-state index in [2.05, 4.69) is 33.0 Å². The van der Waals surface area contributed by atoms with Crippen LogP contribution in [0.2, 0.25) is 0 Å². The lowest BCUT2D eigenvalue weighted by Gasteiger charge is -2.08. The molecule has 4 rings (SSSR count). The average molecular weight is 319 g/mol. The molecule has 0 bridgehead atoms. The van der Waals surface area contributed by atoms with Gasteiger partial charge in [-0.2, -0.15) is 4.68 Å². The first kappa shape index (κ1) is 14.6. The molecule has 0 saturated heterocycles. The number of aryl methyl sites for hydroxylation is 1. The number of tetrazole rings is 1. The molecule has 1 amide bonds. The molecule has 0 spiro atoms. The minimum atomic E-state index is 0.0471. The molecule has 0 radical (unpaired) electrons. The van der Waals surface area contributed by atoms with Gasteiger partial charge in [-0.3, -0.25) is 4.79 Å². The van der Waals surface area contributed by atoms with Crippen LogP contribution in [0.5, 0.6) is 0 Å². The molecule has 1 N–H and O–H groups in total. The minimum absolute atomic E-state index is 0.0471. The molecule has 0 unspecified atom stereocenters. The van der Waals surface area contributed by atoms with Gasteiger partial charge in [0.15, 0.2) is 5.82 Å². The van der Waals surface area contributed by atoms with E-state index in [0.717, 1.165) is 17.8 Å². The normalized spacial score (nSPS) is 19.0. The zero-order valence-electron chi connectivity index (χ0n) is 13.3. The van der Waals surface area contributed by atoms with E-state index in [4.69, 9.17) is 0 Å². The second-order valence-corrected chi connectivity index (χ2v) is 6.04. The van der Waals surface area contributed by atoms with Crippen molar-refractivity contribution >= 4 is 11.6 Å². The van der Waals surface area contributed by atoms with Gasteiger partial charge in [-0.15, -0.1) is 5.10 Å². The summed E-state index contributed by atoms with van der Waals surface area (Å²) in [6, 6.07) is 17.7. The number of amides is 1. The van der Waals surface area contributed by atoms with Gasteiger partial charge in [-0.05, 0) is 53.5 Å². The molecule has 1 heterocycles. The maximum Gasteiger partial charge on any atom is 0.228 e. The number of hydrogen-bond acceptors (Lipinski definition) is 4. The Labute approximate surface area is 139 Å². The lowest BCUT2D eigenvalue weighted by atomic mass is 10.1. The van der Waals surface area contributed by atoms with E-state index in [1.165, 1.54) is 5.56 Å². The van der Waals surface area contributed by atoms with E-state index in [-0.39, 0.29) is 11.8 Å². The minimum Gasteiger partial charge on any atom is -0.326 e. The monoisotopic (exact) mass is 319 g/mol. The number of anilines is 1. The van der Waals surface area contributed by atoms with Crippen LogP contribution in [0.15, 0.2) is 54.6 Å². The average Bonchev–Trinajstić information content (AvgIpc) is 3.30. The van der Waals surface area contributed by atoms with Gasteiger partial charge in [0.05, 0.1) is 5.69 Å². The van der Waals surface area contributed by atoms with E-state index >= 15 is 0 Å². The van der Waals surface area contributed by atoms with E-state index in [1.807, 2.05) is 49.4 Å². The second kappa shape index (κ2) is 5.88. The molecule has 1 fully saturated rings. The van der Waals surface area contributed by atoms with Crippen molar-refractivity contribution in [2.45, 2.75) is 19.3 Å². The Morgan fingerprint density at radius 2 is 2.00 bits per heavy atom. The number of carbonyl (C=O) groups excluding carboxylic acids is 1. The van der Waals surface area contributed by atoms with Gasteiger partial charge >= 0.3 is 0 Å². The van der Waals surface area contributed by atoms with Gasteiger partial charge in [0.2, 0.25) is 5.91 Å². The molecule has 0 aliphatic heterocycles. The molecule has 120 valence electrons. The van der Waals surface area contributed by atoms with Crippen LogP contribution in [0.3, 0.4) is 0 Å². The maximum absolute atomic E-state index is 12.5. The van der Waals surface area contributed by atoms with Gasteiger partial charge in [-0.1, -0.05) is 36.4 Å². The molecule has 3 aromatic rings. The summed E-state index contributed by atoms with van der Waals surface area (Å²) in [5.74, 6) is 1.14. The third-order valence-corrected chi connectivity index (χ3v) is 4.34. The predicted molar refractivity (Wildman–Crippen MR) is 89.8 cm³/mol. The molecular formula is C18H17N5O. The number of benzene rings is 2. The lowest BCUT2D eigenvalue weighted by molar-refractivity contribution is -0.117. The van der Waals surface area contributed by atoms with Gasteiger partial charge in [0.25, 0.3) is 0 Å². The number of nitrogens with one attached hydrogen (secondary N) is 1. The first-order chi connectivity index (χ1) is 11.7. The molecule has 6 nitrogen and oxygen atoms in total. The fourth-order valence-electron chi connectivity index (χ4n) is 2.97. The Bertz CT molecular complexity index is 874. The van der Waals surface area contributed by atoms with Gasteiger partial charge in [0, 0.05) is 11.6 Å². The summed E-state index contributed by atoms with van der Waals surface area (Å²) in [5, 5.41) is 14.5. The smallest absolute Gasteiger partial charge is 0.228 e. The molecule has 6 heteroatoms. The van der Waals surface area contributed by atoms with Crippen LogP contribution in [0, 0.1) is 12.8 Å². The quantitative estimate of drug-likeness (QED) is 0.802. The Hall–Kier alpha value is -3.02. The summed E-state index contributed by atoms with van der Waals surface area (Å²) in [4.78, 5) is 12.5. The Morgan fingerprint density at radius 3 is 2.75 bits per heavy atom. The Balaban J connectivity index is 1.47. The second-order valence-electron chi connectivity index (χ2n) is 6.04. The number of hydrogen-bond donors (Lipinski definition) is 1. The third-order valence-electron chi connectivity index (χ3n) is 4.34. The molecule has 24 heavy (non-hydrogen) atoms. The summed E-state index contributed by atoms with van der Waals surface area (Å²) in [6.07, 6.45) is 0.904. The summed E-state index contributed by atoms with van der Waals surface area (Å²) < 4.78 is 1.64. The molecule has 1 aliphatic carbocycles. The first-order valence-corrected chi connectivity index (χ1v) is 7.93. The highest BCUT2D eigenvalue weighted by atomic mass is 16.2. The van der Waals surface area contributed by atoms with Crippen LogP contribution in [0.25, 0.3) is 5.69 Å². The highest BCUT2D eigenvalue weighted by Crippen LogP contribution is 2.47. The third kappa shape index (κ3) is 2.78. The zero-order chi connectivity index (χ0) is 16.5. The predicted octanol–water partition coefficient (Wildman–Crippen LogP) is 2.71. The van der Waals surface area contributed by atoms with Crippen molar-refractivity contribution in [3.63, 3.8) is 0 Å². The lowest BCUT2D eigenvalue weighted by Crippen LogP contribution is -2.14. The van der Waals surface area contributed by atoms with Crippen LogP contribution in [0.1, 0.15) is 23.7 Å². The SMILES string of the molecule is Cc1nnnn1-c1cccc(NC(=O)[C@@H]2C[C@H]2c2ccccc2)c1. The number of aromatic nitrogens is 4. The highest BCUT2D eigenvalue weighted by Gasteiger charge is 2.43. The van der Waals surface area contributed by atoms with Crippen molar-refractivity contribution in [2.75, 3.05) is 5.32 Å². The zero-order valence-corrected chi connectivity index (χ0v) is 13.3. The van der Waals surface area contributed by atoms with Crippen molar-refractivity contribution in [2.24, 2.45) is 5.92 Å². The van der Waals surface area contributed by atoms with Gasteiger partial charge in [-0.25, -0.2) is 0 Å². The fraction of sp³-hybridized carbons (Fsp3) is 0.222. The van der Waals surface area contributed by atoms with Crippen molar-refractivity contribution < 1.29 is 4.79 Å². The van der Waals surface area contributed by atoms with Crippen LogP contribution in [-0.2, 0) is 4.79 Å². The molecule has 2 aromatic carbocycles. The summed E-state index contributed by atoms with van der Waals surface area (Å²) >= 11 is 0. The van der Waals surface area contributed by atoms with Gasteiger partial charge < -0.3 is 5.32 Å². The van der Waals surface area contributed by atoms with Crippen LogP contribution in [-0.4, -0.2) is 26.1 Å². The topological polar surface area (TPSA) is 72.7 Å². The van der Waals surface area contributed by atoms with E-state index in [1.54, 1.807) is 4.68 Å². The van der Waals surface area contributed by atoms with Crippen LogP contribution >= 0.6 is 0 Å². The molecular weight excluding hydrogens is 302 g/mol. The summed E-state index contributed by atoms with van der Waals surface area (Å²) in [5.41, 5.74) is 2.81. The summed E-state index contributed by atoms with van der Waals surface area (Å²) in [7, 11) is 0. The van der Waals surface area contributed by atoms with Gasteiger partial charge in [0.1, 0.15) is 0 Å². The Kier molecular flexibility index (Phi) is 3.57. The van der Waals surface area contributed by atoms with Crippen molar-refractivity contribution in [3.05, 3.63) is 66.0 Å². The molecule has 1 saturated carbocycles.